The molecule has 4 nitrogen and oxygen atoms in total. The summed E-state index contributed by atoms with van der Waals surface area (Å²) >= 11 is 0. The van der Waals surface area contributed by atoms with Crippen molar-refractivity contribution < 1.29 is 13.3 Å². The number of rotatable bonds is 5. The van der Waals surface area contributed by atoms with Gasteiger partial charge in [0.1, 0.15) is 16.4 Å². The van der Waals surface area contributed by atoms with E-state index in [4.69, 9.17) is 0 Å². The van der Waals surface area contributed by atoms with E-state index in [1.165, 1.54) is 6.26 Å². The monoisotopic (exact) mass is 165 g/mol. The van der Waals surface area contributed by atoms with Crippen molar-refractivity contribution >= 4 is 16.6 Å². The van der Waals surface area contributed by atoms with E-state index >= 15 is 0 Å². The van der Waals surface area contributed by atoms with Gasteiger partial charge in [-0.15, -0.1) is 5.16 Å². The lowest BCUT2D eigenvalue weighted by Crippen LogP contribution is -2.05. The molecule has 0 heterocycles. The number of oxime groups is 1. The summed E-state index contributed by atoms with van der Waals surface area (Å²) in [7, 11) is -2.85. The quantitative estimate of drug-likeness (QED) is 0.328. The second-order valence-corrected chi connectivity index (χ2v) is 4.21. The van der Waals surface area contributed by atoms with Gasteiger partial charge in [0, 0.05) is 13.0 Å². The summed E-state index contributed by atoms with van der Waals surface area (Å²) in [6, 6.07) is 0. The molecule has 0 aromatic heterocycles. The molecule has 0 spiro atoms. The first kappa shape index (κ1) is 9.42. The van der Waals surface area contributed by atoms with E-state index in [-0.39, 0.29) is 5.75 Å². The highest BCUT2D eigenvalue weighted by Gasteiger charge is 2.00. The average molecular weight is 165 g/mol. The molecule has 5 heteroatoms. The second kappa shape index (κ2) is 4.27. The lowest BCUT2D eigenvalue weighted by atomic mass is 10.5. The molecular weight excluding hydrogens is 154 g/mol. The molecule has 0 aromatic rings. The van der Waals surface area contributed by atoms with Crippen LogP contribution in [0.5, 0.6) is 0 Å². The zero-order chi connectivity index (χ0) is 8.04. The van der Waals surface area contributed by atoms with Crippen molar-refractivity contribution in [1.82, 2.24) is 0 Å². The fourth-order valence-corrected chi connectivity index (χ4v) is 1.09. The number of sulfone groups is 1. The Hall–Kier alpha value is -0.580. The fraction of sp³-hybridized carbons (Fsp3) is 0.800. The van der Waals surface area contributed by atoms with Gasteiger partial charge in [-0.25, -0.2) is 8.42 Å². The summed E-state index contributed by atoms with van der Waals surface area (Å²) in [5, 5.41) is 3.11. The first-order chi connectivity index (χ1) is 4.56. The van der Waals surface area contributed by atoms with E-state index in [0.29, 0.717) is 13.0 Å². The predicted molar refractivity (Wildman–Crippen MR) is 39.8 cm³/mol. The Morgan fingerprint density at radius 2 is 2.20 bits per heavy atom. The van der Waals surface area contributed by atoms with Gasteiger partial charge < -0.3 is 4.84 Å². The number of hydrogen-bond acceptors (Lipinski definition) is 4. The van der Waals surface area contributed by atoms with Crippen LogP contribution in [0.1, 0.15) is 6.42 Å². The molecule has 0 unspecified atom stereocenters. The van der Waals surface area contributed by atoms with E-state index in [2.05, 4.69) is 16.7 Å². The van der Waals surface area contributed by atoms with Gasteiger partial charge in [0.15, 0.2) is 0 Å². The molecule has 0 atom stereocenters. The van der Waals surface area contributed by atoms with E-state index < -0.39 is 9.84 Å². The van der Waals surface area contributed by atoms with Crippen molar-refractivity contribution in [3.8, 4) is 0 Å². The van der Waals surface area contributed by atoms with Gasteiger partial charge in [0.25, 0.3) is 0 Å². The van der Waals surface area contributed by atoms with E-state index in [1.807, 2.05) is 0 Å². The van der Waals surface area contributed by atoms with Gasteiger partial charge in [0.05, 0.1) is 5.75 Å². The molecule has 0 radical (unpaired) electrons. The van der Waals surface area contributed by atoms with Crippen molar-refractivity contribution in [3.63, 3.8) is 0 Å². The van der Waals surface area contributed by atoms with Crippen LogP contribution in [-0.2, 0) is 14.7 Å². The largest absolute Gasteiger partial charge is 0.396 e. The van der Waals surface area contributed by atoms with Crippen molar-refractivity contribution in [1.29, 1.82) is 0 Å². The molecule has 0 fully saturated rings. The van der Waals surface area contributed by atoms with Gasteiger partial charge in [0.2, 0.25) is 0 Å². The first-order valence-electron chi connectivity index (χ1n) is 2.82. The molecule has 60 valence electrons. The lowest BCUT2D eigenvalue weighted by molar-refractivity contribution is 0.148. The molecule has 0 saturated heterocycles. The summed E-state index contributed by atoms with van der Waals surface area (Å²) in [6.45, 7) is 3.39. The maximum absolute atomic E-state index is 10.5. The zero-order valence-corrected chi connectivity index (χ0v) is 6.73. The van der Waals surface area contributed by atoms with Crippen molar-refractivity contribution in [3.05, 3.63) is 0 Å². The Kier molecular flexibility index (Phi) is 4.02. The van der Waals surface area contributed by atoms with Crippen LogP contribution in [0, 0.1) is 0 Å². The highest BCUT2D eigenvalue weighted by atomic mass is 32.2. The standard InChI is InChI=1S/C5H11NO3S/c1-6-9-4-3-5-10(2,7)8/h1,3-5H2,2H3. The summed E-state index contributed by atoms with van der Waals surface area (Å²) in [4.78, 5) is 4.48. The van der Waals surface area contributed by atoms with Crippen LogP contribution in [-0.4, -0.2) is 33.8 Å². The zero-order valence-electron chi connectivity index (χ0n) is 5.91. The SMILES string of the molecule is C=NOCCCS(C)(=O)=O. The Balaban J connectivity index is 3.29. The molecule has 0 bridgehead atoms. The van der Waals surface area contributed by atoms with Crippen LogP contribution in [0.3, 0.4) is 0 Å². The minimum Gasteiger partial charge on any atom is -0.396 e. The topological polar surface area (TPSA) is 55.7 Å². The van der Waals surface area contributed by atoms with Crippen molar-refractivity contribution in [2.75, 3.05) is 18.6 Å². The van der Waals surface area contributed by atoms with Crippen LogP contribution in [0.25, 0.3) is 0 Å². The summed E-state index contributed by atoms with van der Waals surface area (Å²) in [5.41, 5.74) is 0. The Morgan fingerprint density at radius 1 is 1.60 bits per heavy atom. The maximum Gasteiger partial charge on any atom is 0.147 e. The van der Waals surface area contributed by atoms with Gasteiger partial charge in [-0.2, -0.15) is 0 Å². The Labute approximate surface area is 60.8 Å². The molecular formula is C5H11NO3S. The Bertz CT molecular complexity index is 185. The van der Waals surface area contributed by atoms with Crippen LogP contribution in [0.2, 0.25) is 0 Å². The van der Waals surface area contributed by atoms with Crippen LogP contribution < -0.4 is 0 Å². The van der Waals surface area contributed by atoms with E-state index in [9.17, 15) is 8.42 Å². The van der Waals surface area contributed by atoms with Gasteiger partial charge >= 0.3 is 0 Å². The molecule has 0 aliphatic heterocycles. The van der Waals surface area contributed by atoms with E-state index in [1.54, 1.807) is 0 Å². The van der Waals surface area contributed by atoms with E-state index in [0.717, 1.165) is 0 Å². The number of hydrogen-bond donors (Lipinski definition) is 0. The lowest BCUT2D eigenvalue weighted by Gasteiger charge is -1.96. The molecule has 0 aliphatic carbocycles. The molecule has 0 amide bonds. The molecule has 0 aliphatic rings. The fourth-order valence-electron chi connectivity index (χ4n) is 0.450. The summed E-state index contributed by atoms with van der Waals surface area (Å²) in [6.07, 6.45) is 1.66. The van der Waals surface area contributed by atoms with Gasteiger partial charge in [-0.3, -0.25) is 0 Å². The smallest absolute Gasteiger partial charge is 0.147 e. The van der Waals surface area contributed by atoms with Crippen LogP contribution >= 0.6 is 0 Å². The third-order valence-corrected chi connectivity index (χ3v) is 1.87. The van der Waals surface area contributed by atoms with Crippen molar-refractivity contribution in [2.45, 2.75) is 6.42 Å². The maximum atomic E-state index is 10.5. The highest BCUT2D eigenvalue weighted by molar-refractivity contribution is 7.90. The molecule has 0 rings (SSSR count). The second-order valence-electron chi connectivity index (χ2n) is 1.95. The molecule has 0 saturated carbocycles. The van der Waals surface area contributed by atoms with Crippen LogP contribution in [0.4, 0.5) is 0 Å². The molecule has 10 heavy (non-hydrogen) atoms. The van der Waals surface area contributed by atoms with Gasteiger partial charge in [-0.1, -0.05) is 0 Å². The first-order valence-corrected chi connectivity index (χ1v) is 4.88. The predicted octanol–water partition coefficient (Wildman–Crippen LogP) is 0.0533. The average Bonchev–Trinajstić information content (AvgIpc) is 1.78. The van der Waals surface area contributed by atoms with Gasteiger partial charge in [-0.05, 0) is 6.42 Å². The normalized spacial score (nSPS) is 10.9. The Morgan fingerprint density at radius 3 is 2.60 bits per heavy atom. The molecule has 0 N–H and O–H groups in total. The minimum absolute atomic E-state index is 0.141. The third kappa shape index (κ3) is 7.42. The van der Waals surface area contributed by atoms with Crippen molar-refractivity contribution in [2.24, 2.45) is 5.16 Å². The summed E-state index contributed by atoms with van der Waals surface area (Å²) in [5.74, 6) is 0.141. The number of nitrogens with zero attached hydrogens (tertiary/aromatic N) is 1. The summed E-state index contributed by atoms with van der Waals surface area (Å²) < 4.78 is 21.0. The van der Waals surface area contributed by atoms with Crippen LogP contribution in [0.15, 0.2) is 5.16 Å². The highest BCUT2D eigenvalue weighted by Crippen LogP contribution is 1.89. The minimum atomic E-state index is -2.85. The molecule has 0 aromatic carbocycles. The third-order valence-electron chi connectivity index (χ3n) is 0.842.